The number of aryl methyl sites for hydroxylation is 1. The van der Waals surface area contributed by atoms with E-state index in [2.05, 4.69) is 0 Å². The molecular weight excluding hydrogens is 379 g/mol. The maximum absolute atomic E-state index is 12.9. The fraction of sp³-hybridized carbons (Fsp3) is 0.118. The molecule has 0 spiro atoms. The third-order valence-corrected chi connectivity index (χ3v) is 4.22. The standard InChI is InChI=1S/C17H15O9P/c1-8-4-10(18)6-13-14(8)15(21)17(25-7-27(22,23)24)16(26-13)9-2-3-11(19)12(20)5-9/h2-6,18-20H,7H2,1H3,(H2,22,23,24). The van der Waals surface area contributed by atoms with Crippen molar-refractivity contribution in [1.29, 1.82) is 0 Å². The predicted octanol–water partition coefficient (Wildman–Crippen LogP) is 2.40. The van der Waals surface area contributed by atoms with Gasteiger partial charge in [-0.1, -0.05) is 0 Å². The van der Waals surface area contributed by atoms with Crippen LogP contribution in [0.1, 0.15) is 5.56 Å². The molecule has 2 aromatic carbocycles. The summed E-state index contributed by atoms with van der Waals surface area (Å²) in [6.45, 7) is 1.55. The first-order valence-corrected chi connectivity index (χ1v) is 9.37. The van der Waals surface area contributed by atoms with E-state index in [0.717, 1.165) is 12.1 Å². The van der Waals surface area contributed by atoms with Gasteiger partial charge in [0.15, 0.2) is 23.6 Å². The number of phenols is 3. The minimum absolute atomic E-state index is 0.0172. The van der Waals surface area contributed by atoms with Crippen molar-refractivity contribution in [3.8, 4) is 34.3 Å². The van der Waals surface area contributed by atoms with Crippen LogP contribution in [0.3, 0.4) is 0 Å². The number of hydrogen-bond acceptors (Lipinski definition) is 7. The van der Waals surface area contributed by atoms with Crippen LogP contribution in [0.25, 0.3) is 22.3 Å². The summed E-state index contributed by atoms with van der Waals surface area (Å²) in [6, 6.07) is 6.10. The van der Waals surface area contributed by atoms with Crippen molar-refractivity contribution in [3.63, 3.8) is 0 Å². The van der Waals surface area contributed by atoms with E-state index < -0.39 is 36.6 Å². The number of rotatable bonds is 4. The van der Waals surface area contributed by atoms with Crippen LogP contribution in [0, 0.1) is 6.92 Å². The molecule has 0 saturated heterocycles. The lowest BCUT2D eigenvalue weighted by Crippen LogP contribution is -2.12. The van der Waals surface area contributed by atoms with E-state index in [9.17, 15) is 24.7 Å². The van der Waals surface area contributed by atoms with Gasteiger partial charge in [0.2, 0.25) is 11.2 Å². The minimum atomic E-state index is -4.59. The van der Waals surface area contributed by atoms with Crippen LogP contribution in [0.2, 0.25) is 0 Å². The van der Waals surface area contributed by atoms with E-state index in [-0.39, 0.29) is 28.0 Å². The molecular formula is C17H15O9P. The molecule has 0 atom stereocenters. The van der Waals surface area contributed by atoms with Crippen molar-refractivity contribution in [2.24, 2.45) is 0 Å². The van der Waals surface area contributed by atoms with Crippen LogP contribution < -0.4 is 10.2 Å². The van der Waals surface area contributed by atoms with Gasteiger partial charge in [-0.2, -0.15) is 0 Å². The van der Waals surface area contributed by atoms with Gasteiger partial charge in [-0.05, 0) is 36.8 Å². The molecule has 0 saturated carbocycles. The van der Waals surface area contributed by atoms with Gasteiger partial charge in [0.25, 0.3) is 0 Å². The number of aromatic hydroxyl groups is 3. The molecule has 0 amide bonds. The molecule has 0 unspecified atom stereocenters. The molecule has 0 aliphatic rings. The van der Waals surface area contributed by atoms with Crippen LogP contribution in [0.15, 0.2) is 39.5 Å². The van der Waals surface area contributed by atoms with Crippen LogP contribution >= 0.6 is 7.60 Å². The van der Waals surface area contributed by atoms with Crippen molar-refractivity contribution in [3.05, 3.63) is 46.1 Å². The molecule has 0 radical (unpaired) electrons. The normalized spacial score (nSPS) is 11.7. The summed E-state index contributed by atoms with van der Waals surface area (Å²) in [5.41, 5.74) is -0.195. The molecule has 9 nitrogen and oxygen atoms in total. The largest absolute Gasteiger partial charge is 0.508 e. The second kappa shape index (κ2) is 6.62. The summed E-state index contributed by atoms with van der Waals surface area (Å²) in [5.74, 6) is -1.74. The highest BCUT2D eigenvalue weighted by Crippen LogP contribution is 2.39. The molecule has 0 bridgehead atoms. The maximum Gasteiger partial charge on any atom is 0.362 e. The van der Waals surface area contributed by atoms with Gasteiger partial charge in [0.1, 0.15) is 11.3 Å². The van der Waals surface area contributed by atoms with E-state index in [1.54, 1.807) is 6.92 Å². The molecule has 3 aromatic rings. The summed E-state index contributed by atoms with van der Waals surface area (Å²) >= 11 is 0. The quantitative estimate of drug-likeness (QED) is 0.331. The Morgan fingerprint density at radius 2 is 1.78 bits per heavy atom. The fourth-order valence-corrected chi connectivity index (χ4v) is 2.91. The van der Waals surface area contributed by atoms with Gasteiger partial charge >= 0.3 is 7.60 Å². The number of ether oxygens (including phenoxy) is 1. The predicted molar refractivity (Wildman–Crippen MR) is 95.2 cm³/mol. The molecule has 27 heavy (non-hydrogen) atoms. The van der Waals surface area contributed by atoms with Gasteiger partial charge in [-0.3, -0.25) is 9.36 Å². The first-order valence-electron chi connectivity index (χ1n) is 7.57. The van der Waals surface area contributed by atoms with Crippen LogP contribution in [0.4, 0.5) is 0 Å². The average molecular weight is 394 g/mol. The topological polar surface area (TPSA) is 158 Å². The van der Waals surface area contributed by atoms with Crippen molar-refractivity contribution < 1.29 is 38.8 Å². The smallest absolute Gasteiger partial charge is 0.362 e. The second-order valence-corrected chi connectivity index (χ2v) is 7.45. The Morgan fingerprint density at radius 1 is 1.07 bits per heavy atom. The lowest BCUT2D eigenvalue weighted by atomic mass is 10.1. The third-order valence-electron chi connectivity index (χ3n) is 3.75. The van der Waals surface area contributed by atoms with Crippen molar-refractivity contribution >= 4 is 18.6 Å². The average Bonchev–Trinajstić information content (AvgIpc) is 2.54. The van der Waals surface area contributed by atoms with E-state index in [0.29, 0.717) is 5.56 Å². The third kappa shape index (κ3) is 3.75. The van der Waals surface area contributed by atoms with Crippen molar-refractivity contribution in [2.45, 2.75) is 6.92 Å². The maximum atomic E-state index is 12.9. The zero-order chi connectivity index (χ0) is 19.9. The Morgan fingerprint density at radius 3 is 2.41 bits per heavy atom. The lowest BCUT2D eigenvalue weighted by molar-refractivity contribution is 0.296. The molecule has 142 valence electrons. The molecule has 1 heterocycles. The molecule has 0 aliphatic heterocycles. The summed E-state index contributed by atoms with van der Waals surface area (Å²) in [4.78, 5) is 31.0. The van der Waals surface area contributed by atoms with Gasteiger partial charge in [-0.15, -0.1) is 0 Å². The van der Waals surface area contributed by atoms with E-state index in [1.165, 1.54) is 18.2 Å². The van der Waals surface area contributed by atoms with Gasteiger partial charge in [-0.25, -0.2) is 0 Å². The van der Waals surface area contributed by atoms with Crippen molar-refractivity contribution in [1.82, 2.24) is 0 Å². The highest BCUT2D eigenvalue weighted by molar-refractivity contribution is 7.51. The SMILES string of the molecule is Cc1cc(O)cc2oc(-c3ccc(O)c(O)c3)c(OCP(=O)(O)O)c(=O)c12. The zero-order valence-electron chi connectivity index (χ0n) is 13.9. The summed E-state index contributed by atoms with van der Waals surface area (Å²) < 4.78 is 21.9. The molecule has 10 heteroatoms. The first kappa shape index (κ1) is 18.8. The Hall–Kier alpha value is -3.00. The van der Waals surface area contributed by atoms with Gasteiger partial charge in [0, 0.05) is 11.6 Å². The van der Waals surface area contributed by atoms with Crippen molar-refractivity contribution in [2.75, 3.05) is 6.35 Å². The lowest BCUT2D eigenvalue weighted by Gasteiger charge is -2.13. The monoisotopic (exact) mass is 394 g/mol. The highest BCUT2D eigenvalue weighted by atomic mass is 31.2. The molecule has 0 fully saturated rings. The van der Waals surface area contributed by atoms with Gasteiger partial charge in [0.05, 0.1) is 5.39 Å². The Kier molecular flexibility index (Phi) is 4.61. The summed E-state index contributed by atoms with van der Waals surface area (Å²) in [7, 11) is -4.59. The highest BCUT2D eigenvalue weighted by Gasteiger charge is 2.23. The summed E-state index contributed by atoms with van der Waals surface area (Å²) in [5, 5.41) is 29.0. The summed E-state index contributed by atoms with van der Waals surface area (Å²) in [6.07, 6.45) is -1.06. The number of benzene rings is 2. The second-order valence-electron chi connectivity index (χ2n) is 5.87. The Balaban J connectivity index is 2.33. The van der Waals surface area contributed by atoms with E-state index >= 15 is 0 Å². The first-order chi connectivity index (χ1) is 12.6. The minimum Gasteiger partial charge on any atom is -0.508 e. The van der Waals surface area contributed by atoms with Crippen LogP contribution in [-0.2, 0) is 4.57 Å². The zero-order valence-corrected chi connectivity index (χ0v) is 14.8. The molecule has 5 N–H and O–H groups in total. The number of hydrogen-bond donors (Lipinski definition) is 5. The van der Waals surface area contributed by atoms with E-state index in [4.69, 9.17) is 18.9 Å². The Labute approximate surface area is 151 Å². The molecule has 1 aromatic heterocycles. The van der Waals surface area contributed by atoms with Gasteiger partial charge < -0.3 is 34.3 Å². The Bertz CT molecular complexity index is 1140. The number of phenolic OH excluding ortho intramolecular Hbond substituents is 3. The van der Waals surface area contributed by atoms with Crippen LogP contribution in [-0.4, -0.2) is 31.5 Å². The fourth-order valence-electron chi connectivity index (χ4n) is 2.62. The molecule has 0 aliphatic carbocycles. The van der Waals surface area contributed by atoms with Crippen LogP contribution in [0.5, 0.6) is 23.0 Å². The number of fused-ring (bicyclic) bond motifs is 1. The molecule has 3 rings (SSSR count). The van der Waals surface area contributed by atoms with E-state index in [1.807, 2.05) is 0 Å².